The van der Waals surface area contributed by atoms with Gasteiger partial charge in [0.15, 0.2) is 0 Å². The largest absolute Gasteiger partial charge is 0.319 e. The molecule has 0 saturated heterocycles. The van der Waals surface area contributed by atoms with E-state index in [0.29, 0.717) is 4.47 Å². The summed E-state index contributed by atoms with van der Waals surface area (Å²) in [6, 6.07) is 5.60. The number of rotatable bonds is 2. The Morgan fingerprint density at radius 1 is 1.32 bits per heavy atom. The van der Waals surface area contributed by atoms with Crippen LogP contribution in [-0.4, -0.2) is 10.9 Å². The third-order valence-corrected chi connectivity index (χ3v) is 3.41. The van der Waals surface area contributed by atoms with Crippen molar-refractivity contribution in [3.05, 3.63) is 56.5 Å². The van der Waals surface area contributed by atoms with E-state index in [-0.39, 0.29) is 21.4 Å². The Hall–Kier alpha value is -1.17. The van der Waals surface area contributed by atoms with Crippen LogP contribution in [0.3, 0.4) is 0 Å². The molecule has 0 radical (unpaired) electrons. The third-order valence-electron chi connectivity index (χ3n) is 2.24. The molecule has 1 heterocycles. The second-order valence-electron chi connectivity index (χ2n) is 3.57. The van der Waals surface area contributed by atoms with Crippen molar-refractivity contribution < 1.29 is 9.18 Å². The number of anilines is 1. The fraction of sp³-hybridized carbons (Fsp3) is 0. The van der Waals surface area contributed by atoms with Crippen LogP contribution in [0.2, 0.25) is 10.2 Å². The molecule has 3 nitrogen and oxygen atoms in total. The standard InChI is InChI=1S/C12H6BrCl2FN2O/c13-7-1-2-9(16)10(4-7)18-12(19)6-3-8(14)11(15)17-5-6/h1-5H,(H,18,19). The molecule has 2 aromatic rings. The minimum atomic E-state index is -0.537. The average Bonchev–Trinajstić information content (AvgIpc) is 2.37. The first kappa shape index (κ1) is 14.2. The van der Waals surface area contributed by atoms with Crippen LogP contribution in [0.25, 0.3) is 0 Å². The Balaban J connectivity index is 2.25. The van der Waals surface area contributed by atoms with Gasteiger partial charge in [0.05, 0.1) is 16.3 Å². The predicted molar refractivity (Wildman–Crippen MR) is 76.3 cm³/mol. The van der Waals surface area contributed by atoms with Gasteiger partial charge in [0.1, 0.15) is 11.0 Å². The quantitative estimate of drug-likeness (QED) is 0.795. The maximum absolute atomic E-state index is 13.5. The Labute approximate surface area is 126 Å². The second-order valence-corrected chi connectivity index (χ2v) is 5.26. The molecule has 0 aliphatic heterocycles. The van der Waals surface area contributed by atoms with Crippen LogP contribution in [0.5, 0.6) is 0 Å². The molecule has 0 aliphatic rings. The van der Waals surface area contributed by atoms with Gasteiger partial charge in [-0.25, -0.2) is 9.37 Å². The molecule has 0 atom stereocenters. The van der Waals surface area contributed by atoms with Crippen LogP contribution >= 0.6 is 39.1 Å². The van der Waals surface area contributed by atoms with E-state index < -0.39 is 11.7 Å². The second kappa shape index (κ2) is 5.86. The molecule has 19 heavy (non-hydrogen) atoms. The first-order chi connectivity index (χ1) is 8.97. The van der Waals surface area contributed by atoms with Gasteiger partial charge in [0, 0.05) is 10.7 Å². The number of nitrogens with zero attached hydrogens (tertiary/aromatic N) is 1. The van der Waals surface area contributed by atoms with E-state index in [1.165, 1.54) is 30.5 Å². The molecular weight excluding hydrogens is 358 g/mol. The number of aromatic nitrogens is 1. The predicted octanol–water partition coefficient (Wildman–Crippen LogP) is 4.54. The Morgan fingerprint density at radius 3 is 2.74 bits per heavy atom. The molecule has 0 saturated carbocycles. The van der Waals surface area contributed by atoms with Crippen molar-refractivity contribution in [2.24, 2.45) is 0 Å². The molecule has 0 unspecified atom stereocenters. The zero-order valence-corrected chi connectivity index (χ0v) is 12.4. The summed E-state index contributed by atoms with van der Waals surface area (Å²) in [6.45, 7) is 0. The first-order valence-corrected chi connectivity index (χ1v) is 6.59. The molecular formula is C12H6BrCl2FN2O. The SMILES string of the molecule is O=C(Nc1cc(Br)ccc1F)c1cnc(Cl)c(Cl)c1. The molecule has 1 aromatic carbocycles. The van der Waals surface area contributed by atoms with Gasteiger partial charge in [-0.2, -0.15) is 0 Å². The molecule has 98 valence electrons. The zero-order valence-electron chi connectivity index (χ0n) is 9.25. The summed E-state index contributed by atoms with van der Waals surface area (Å²) in [6.07, 6.45) is 1.26. The minimum Gasteiger partial charge on any atom is -0.319 e. The molecule has 1 amide bonds. The van der Waals surface area contributed by atoms with Crippen molar-refractivity contribution >= 4 is 50.7 Å². The summed E-state index contributed by atoms with van der Waals surface area (Å²) in [5, 5.41) is 2.69. The summed E-state index contributed by atoms with van der Waals surface area (Å²) < 4.78 is 14.1. The smallest absolute Gasteiger partial charge is 0.257 e. The van der Waals surface area contributed by atoms with Gasteiger partial charge in [-0.1, -0.05) is 39.1 Å². The van der Waals surface area contributed by atoms with Crippen molar-refractivity contribution in [3.63, 3.8) is 0 Å². The number of benzene rings is 1. The number of hydrogen-bond acceptors (Lipinski definition) is 2. The number of amides is 1. The highest BCUT2D eigenvalue weighted by atomic mass is 79.9. The lowest BCUT2D eigenvalue weighted by Gasteiger charge is -2.07. The molecule has 0 bridgehead atoms. The van der Waals surface area contributed by atoms with E-state index in [0.717, 1.165) is 0 Å². The summed E-state index contributed by atoms with van der Waals surface area (Å²) in [4.78, 5) is 15.7. The van der Waals surface area contributed by atoms with Crippen molar-refractivity contribution in [3.8, 4) is 0 Å². The van der Waals surface area contributed by atoms with E-state index in [4.69, 9.17) is 23.2 Å². The molecule has 1 aromatic heterocycles. The number of carbonyl (C=O) groups excluding carboxylic acids is 1. The highest BCUT2D eigenvalue weighted by molar-refractivity contribution is 9.10. The van der Waals surface area contributed by atoms with Crippen molar-refractivity contribution in [2.45, 2.75) is 0 Å². The van der Waals surface area contributed by atoms with Gasteiger partial charge in [0.25, 0.3) is 5.91 Å². The third kappa shape index (κ3) is 3.43. The van der Waals surface area contributed by atoms with Crippen LogP contribution in [0.1, 0.15) is 10.4 Å². The van der Waals surface area contributed by atoms with Crippen LogP contribution in [0.4, 0.5) is 10.1 Å². The van der Waals surface area contributed by atoms with E-state index >= 15 is 0 Å². The first-order valence-electron chi connectivity index (χ1n) is 5.05. The van der Waals surface area contributed by atoms with Gasteiger partial charge < -0.3 is 5.32 Å². The van der Waals surface area contributed by atoms with Gasteiger partial charge in [-0.15, -0.1) is 0 Å². The normalized spacial score (nSPS) is 10.3. The number of halogens is 4. The fourth-order valence-corrected chi connectivity index (χ4v) is 1.96. The van der Waals surface area contributed by atoms with Crippen LogP contribution < -0.4 is 5.32 Å². The Morgan fingerprint density at radius 2 is 2.05 bits per heavy atom. The van der Waals surface area contributed by atoms with E-state index in [1.54, 1.807) is 0 Å². The van der Waals surface area contributed by atoms with E-state index in [1.807, 2.05) is 0 Å². The van der Waals surface area contributed by atoms with Crippen LogP contribution in [0.15, 0.2) is 34.9 Å². The number of pyridine rings is 1. The van der Waals surface area contributed by atoms with E-state index in [9.17, 15) is 9.18 Å². The van der Waals surface area contributed by atoms with Gasteiger partial charge in [0.2, 0.25) is 0 Å². The minimum absolute atomic E-state index is 0.0606. The summed E-state index contributed by atoms with van der Waals surface area (Å²) in [5.41, 5.74) is 0.249. The summed E-state index contributed by atoms with van der Waals surface area (Å²) >= 11 is 14.6. The fourth-order valence-electron chi connectivity index (χ4n) is 1.33. The van der Waals surface area contributed by atoms with Crippen LogP contribution in [0, 0.1) is 5.82 Å². The lowest BCUT2D eigenvalue weighted by atomic mass is 10.2. The van der Waals surface area contributed by atoms with Gasteiger partial charge in [-0.05, 0) is 24.3 Å². The molecule has 7 heteroatoms. The Bertz CT molecular complexity index is 652. The highest BCUT2D eigenvalue weighted by Crippen LogP contribution is 2.23. The van der Waals surface area contributed by atoms with Crippen molar-refractivity contribution in [2.75, 3.05) is 5.32 Å². The zero-order chi connectivity index (χ0) is 14.0. The lowest BCUT2D eigenvalue weighted by molar-refractivity contribution is 0.102. The lowest BCUT2D eigenvalue weighted by Crippen LogP contribution is -2.13. The maximum atomic E-state index is 13.5. The number of nitrogens with one attached hydrogen (secondary N) is 1. The molecule has 2 rings (SSSR count). The number of hydrogen-bond donors (Lipinski definition) is 1. The summed E-state index contributed by atoms with van der Waals surface area (Å²) in [5.74, 6) is -1.06. The van der Waals surface area contributed by atoms with Gasteiger partial charge >= 0.3 is 0 Å². The molecule has 0 fully saturated rings. The molecule has 0 aliphatic carbocycles. The summed E-state index contributed by atoms with van der Waals surface area (Å²) in [7, 11) is 0. The van der Waals surface area contributed by atoms with Crippen molar-refractivity contribution in [1.82, 2.24) is 4.98 Å². The molecule has 1 N–H and O–H groups in total. The van der Waals surface area contributed by atoms with Crippen LogP contribution in [-0.2, 0) is 0 Å². The van der Waals surface area contributed by atoms with E-state index in [2.05, 4.69) is 26.2 Å². The maximum Gasteiger partial charge on any atom is 0.257 e. The van der Waals surface area contributed by atoms with Gasteiger partial charge in [-0.3, -0.25) is 4.79 Å². The molecule has 0 spiro atoms. The van der Waals surface area contributed by atoms with Crippen molar-refractivity contribution in [1.29, 1.82) is 0 Å². The Kier molecular flexibility index (Phi) is 4.39. The number of carbonyl (C=O) groups is 1. The average molecular weight is 364 g/mol. The monoisotopic (exact) mass is 362 g/mol. The topological polar surface area (TPSA) is 42.0 Å². The highest BCUT2D eigenvalue weighted by Gasteiger charge is 2.12.